The molecule has 1 unspecified atom stereocenters. The van der Waals surface area contributed by atoms with E-state index >= 15 is 0 Å². The highest BCUT2D eigenvalue weighted by Crippen LogP contribution is 2.33. The summed E-state index contributed by atoms with van der Waals surface area (Å²) in [6.07, 6.45) is -0.806. The van der Waals surface area contributed by atoms with Crippen LogP contribution in [-0.2, 0) is 0 Å². The lowest BCUT2D eigenvalue weighted by molar-refractivity contribution is 0.195. The maximum absolute atomic E-state index is 13.8. The van der Waals surface area contributed by atoms with Gasteiger partial charge in [0.25, 0.3) is 0 Å². The van der Waals surface area contributed by atoms with E-state index in [2.05, 4.69) is 0 Å². The molecule has 1 N–H and O–H groups in total. The van der Waals surface area contributed by atoms with Crippen molar-refractivity contribution in [1.29, 1.82) is 5.26 Å². The fraction of sp³-hybridized carbons (Fsp3) is 0.133. The van der Waals surface area contributed by atoms with Crippen LogP contribution < -0.4 is 4.74 Å². The fourth-order valence-corrected chi connectivity index (χ4v) is 1.88. The van der Waals surface area contributed by atoms with Crippen molar-refractivity contribution in [3.05, 3.63) is 58.4 Å². The summed E-state index contributed by atoms with van der Waals surface area (Å²) in [7, 11) is 0. The van der Waals surface area contributed by atoms with Gasteiger partial charge >= 0.3 is 0 Å². The molecule has 0 aromatic heterocycles. The molecule has 1 atom stereocenters. The summed E-state index contributed by atoms with van der Waals surface area (Å²) in [5, 5.41) is 18.5. The number of halogens is 2. The lowest BCUT2D eigenvalue weighted by Crippen LogP contribution is -1.98. The first-order valence-corrected chi connectivity index (χ1v) is 6.24. The van der Waals surface area contributed by atoms with Crippen LogP contribution in [0.1, 0.15) is 24.2 Å². The van der Waals surface area contributed by atoms with Gasteiger partial charge in [-0.15, -0.1) is 0 Å². The van der Waals surface area contributed by atoms with E-state index in [4.69, 9.17) is 21.6 Å². The van der Waals surface area contributed by atoms with Gasteiger partial charge in [0.2, 0.25) is 0 Å². The minimum atomic E-state index is -0.806. The molecule has 2 aromatic carbocycles. The van der Waals surface area contributed by atoms with Crippen molar-refractivity contribution < 1.29 is 14.2 Å². The van der Waals surface area contributed by atoms with E-state index in [1.807, 2.05) is 6.07 Å². The van der Waals surface area contributed by atoms with Crippen molar-refractivity contribution in [1.82, 2.24) is 0 Å². The molecule has 2 rings (SSSR count). The predicted molar refractivity (Wildman–Crippen MR) is 73.3 cm³/mol. The van der Waals surface area contributed by atoms with Gasteiger partial charge in [0.15, 0.2) is 11.6 Å². The normalized spacial score (nSPS) is 11.8. The maximum Gasteiger partial charge on any atom is 0.184 e. The summed E-state index contributed by atoms with van der Waals surface area (Å²) in [4.78, 5) is 0. The van der Waals surface area contributed by atoms with Crippen molar-refractivity contribution >= 4 is 11.6 Å². The third kappa shape index (κ3) is 2.90. The van der Waals surface area contributed by atoms with Gasteiger partial charge in [-0.25, -0.2) is 4.39 Å². The highest BCUT2D eigenvalue weighted by molar-refractivity contribution is 6.30. The summed E-state index contributed by atoms with van der Waals surface area (Å²) in [6.45, 7) is 1.56. The Balaban J connectivity index is 2.46. The Labute approximate surface area is 120 Å². The Hall–Kier alpha value is -2.09. The first-order chi connectivity index (χ1) is 9.52. The molecule has 0 saturated carbocycles. The Morgan fingerprint density at radius 3 is 2.70 bits per heavy atom. The number of aliphatic hydroxyl groups excluding tert-OH is 1. The predicted octanol–water partition coefficient (Wildman–Crippen LogP) is 4.20. The molecule has 5 heteroatoms. The van der Waals surface area contributed by atoms with Crippen LogP contribution in [0.15, 0.2) is 36.4 Å². The standard InChI is InChI=1S/C15H11ClFNO2/c1-9(19)11-6-5-10(8-18)7-14(11)20-13-4-2-3-12(16)15(13)17/h2-7,9,19H,1H3. The van der Waals surface area contributed by atoms with Crippen molar-refractivity contribution in [2.24, 2.45) is 0 Å². The van der Waals surface area contributed by atoms with Crippen LogP contribution in [0.2, 0.25) is 5.02 Å². The van der Waals surface area contributed by atoms with E-state index in [9.17, 15) is 9.50 Å². The molecule has 0 radical (unpaired) electrons. The Bertz CT molecular complexity index is 680. The van der Waals surface area contributed by atoms with Crippen molar-refractivity contribution in [3.8, 4) is 17.6 Å². The highest BCUT2D eigenvalue weighted by Gasteiger charge is 2.14. The van der Waals surface area contributed by atoms with Gasteiger partial charge < -0.3 is 9.84 Å². The van der Waals surface area contributed by atoms with Gasteiger partial charge in [-0.05, 0) is 31.2 Å². The van der Waals surface area contributed by atoms with E-state index in [0.29, 0.717) is 11.1 Å². The zero-order chi connectivity index (χ0) is 14.7. The number of hydrogen-bond acceptors (Lipinski definition) is 3. The summed E-state index contributed by atoms with van der Waals surface area (Å²) in [5.74, 6) is -0.525. The summed E-state index contributed by atoms with van der Waals surface area (Å²) >= 11 is 5.68. The Morgan fingerprint density at radius 2 is 2.05 bits per heavy atom. The number of aliphatic hydroxyl groups is 1. The first-order valence-electron chi connectivity index (χ1n) is 5.87. The average Bonchev–Trinajstić information content (AvgIpc) is 2.43. The van der Waals surface area contributed by atoms with Crippen LogP contribution in [0, 0.1) is 17.1 Å². The van der Waals surface area contributed by atoms with Gasteiger partial charge in [-0.3, -0.25) is 0 Å². The minimum Gasteiger partial charge on any atom is -0.454 e. The van der Waals surface area contributed by atoms with E-state index in [0.717, 1.165) is 0 Å². The van der Waals surface area contributed by atoms with E-state index in [-0.39, 0.29) is 16.5 Å². The zero-order valence-corrected chi connectivity index (χ0v) is 11.4. The lowest BCUT2D eigenvalue weighted by atomic mass is 10.1. The van der Waals surface area contributed by atoms with E-state index in [1.165, 1.54) is 18.2 Å². The molecular formula is C15H11ClFNO2. The van der Waals surface area contributed by atoms with Crippen LogP contribution >= 0.6 is 11.6 Å². The second kappa shape index (κ2) is 5.91. The van der Waals surface area contributed by atoms with Gasteiger partial charge in [-0.1, -0.05) is 23.7 Å². The molecule has 2 aromatic rings. The maximum atomic E-state index is 13.8. The largest absolute Gasteiger partial charge is 0.454 e. The van der Waals surface area contributed by atoms with Crippen molar-refractivity contribution in [2.75, 3.05) is 0 Å². The molecule has 0 aliphatic carbocycles. The molecule has 3 nitrogen and oxygen atoms in total. The molecule has 0 aliphatic rings. The molecule has 102 valence electrons. The third-order valence-corrected chi connectivity index (χ3v) is 3.02. The van der Waals surface area contributed by atoms with Crippen LogP contribution in [-0.4, -0.2) is 5.11 Å². The van der Waals surface area contributed by atoms with Gasteiger partial charge in [-0.2, -0.15) is 5.26 Å². The number of rotatable bonds is 3. The first kappa shape index (κ1) is 14.3. The van der Waals surface area contributed by atoms with Crippen molar-refractivity contribution in [3.63, 3.8) is 0 Å². The molecule has 0 fully saturated rings. The van der Waals surface area contributed by atoms with E-state index in [1.54, 1.807) is 25.1 Å². The topological polar surface area (TPSA) is 53.2 Å². The second-order valence-corrected chi connectivity index (χ2v) is 4.60. The average molecular weight is 292 g/mol. The summed E-state index contributed by atoms with van der Waals surface area (Å²) in [5.41, 5.74) is 0.815. The van der Waals surface area contributed by atoms with Crippen LogP contribution in [0.3, 0.4) is 0 Å². The molecular weight excluding hydrogens is 281 g/mol. The SMILES string of the molecule is CC(O)c1ccc(C#N)cc1Oc1cccc(Cl)c1F. The highest BCUT2D eigenvalue weighted by atomic mass is 35.5. The molecule has 0 saturated heterocycles. The second-order valence-electron chi connectivity index (χ2n) is 4.19. The minimum absolute atomic E-state index is 0.0578. The van der Waals surface area contributed by atoms with Gasteiger partial charge in [0.1, 0.15) is 5.75 Å². The quantitative estimate of drug-likeness (QED) is 0.922. The molecule has 0 spiro atoms. The smallest absolute Gasteiger partial charge is 0.184 e. The number of nitriles is 1. The van der Waals surface area contributed by atoms with Crippen LogP contribution in [0.4, 0.5) is 4.39 Å². The van der Waals surface area contributed by atoms with Crippen LogP contribution in [0.25, 0.3) is 0 Å². The van der Waals surface area contributed by atoms with Crippen LogP contribution in [0.5, 0.6) is 11.5 Å². The monoisotopic (exact) mass is 291 g/mol. The van der Waals surface area contributed by atoms with Gasteiger partial charge in [0.05, 0.1) is 22.8 Å². The Morgan fingerprint density at radius 1 is 1.30 bits per heavy atom. The molecule has 0 amide bonds. The van der Waals surface area contributed by atoms with E-state index < -0.39 is 11.9 Å². The summed E-state index contributed by atoms with van der Waals surface area (Å²) < 4.78 is 19.3. The molecule has 0 aliphatic heterocycles. The van der Waals surface area contributed by atoms with Gasteiger partial charge in [0, 0.05) is 5.56 Å². The number of hydrogen-bond donors (Lipinski definition) is 1. The lowest BCUT2D eigenvalue weighted by Gasteiger charge is -2.14. The third-order valence-electron chi connectivity index (χ3n) is 2.73. The van der Waals surface area contributed by atoms with Crippen molar-refractivity contribution in [2.45, 2.75) is 13.0 Å². The number of benzene rings is 2. The molecule has 0 bridgehead atoms. The number of nitrogens with zero attached hydrogens (tertiary/aromatic N) is 1. The number of ether oxygens (including phenoxy) is 1. The Kier molecular flexibility index (Phi) is 4.23. The fourth-order valence-electron chi connectivity index (χ4n) is 1.72. The molecule has 20 heavy (non-hydrogen) atoms. The molecule has 0 heterocycles. The zero-order valence-electron chi connectivity index (χ0n) is 10.6. The summed E-state index contributed by atoms with van der Waals surface area (Å²) in [6, 6.07) is 10.9.